The molecule has 0 bridgehead atoms. The quantitative estimate of drug-likeness (QED) is 0.689. The Morgan fingerprint density at radius 2 is 2.32 bits per heavy atom. The van der Waals surface area contributed by atoms with Gasteiger partial charge in [0.15, 0.2) is 5.82 Å². The Balaban J connectivity index is 2.31. The van der Waals surface area contributed by atoms with Crippen LogP contribution in [0.15, 0.2) is 36.6 Å². The predicted octanol–water partition coefficient (Wildman–Crippen LogP) is 2.77. The van der Waals surface area contributed by atoms with E-state index in [4.69, 9.17) is 16.7 Å². The van der Waals surface area contributed by atoms with Gasteiger partial charge in [0.05, 0.1) is 6.54 Å². The van der Waals surface area contributed by atoms with Gasteiger partial charge in [0.1, 0.15) is 5.76 Å². The Morgan fingerprint density at radius 1 is 1.53 bits per heavy atom. The van der Waals surface area contributed by atoms with Crippen molar-refractivity contribution in [2.75, 3.05) is 0 Å². The highest BCUT2D eigenvalue weighted by atomic mass is 35.5. The molecule has 0 saturated heterocycles. The summed E-state index contributed by atoms with van der Waals surface area (Å²) in [6.45, 7) is 5.64. The second-order valence-electron chi connectivity index (χ2n) is 4.03. The van der Waals surface area contributed by atoms with E-state index in [0.29, 0.717) is 17.4 Å². The van der Waals surface area contributed by atoms with Crippen LogP contribution in [0.25, 0.3) is 6.08 Å². The number of aromatic nitrogens is 4. The Bertz CT molecular complexity index is 633. The number of aliphatic hydroxyl groups is 1. The topological polar surface area (TPSA) is 63.8 Å². The van der Waals surface area contributed by atoms with Crippen molar-refractivity contribution in [1.82, 2.24) is 20.2 Å². The number of nitrogens with zero attached hydrogens (tertiary/aromatic N) is 4. The van der Waals surface area contributed by atoms with Crippen molar-refractivity contribution in [3.63, 3.8) is 0 Å². The SMILES string of the molecule is C=C(O)/C=C/c1ccc(Cl)cc1Cn1nnc(C)n1. The van der Waals surface area contributed by atoms with E-state index in [-0.39, 0.29) is 5.76 Å². The van der Waals surface area contributed by atoms with Crippen LogP contribution in [-0.4, -0.2) is 25.3 Å². The van der Waals surface area contributed by atoms with Crippen LogP contribution in [0.1, 0.15) is 17.0 Å². The molecule has 98 valence electrons. The summed E-state index contributed by atoms with van der Waals surface area (Å²) < 4.78 is 0. The van der Waals surface area contributed by atoms with Gasteiger partial charge in [-0.2, -0.15) is 4.80 Å². The highest BCUT2D eigenvalue weighted by Crippen LogP contribution is 2.18. The first-order valence-electron chi connectivity index (χ1n) is 5.63. The molecule has 0 unspecified atom stereocenters. The Kier molecular flexibility index (Phi) is 3.97. The zero-order valence-electron chi connectivity index (χ0n) is 10.4. The highest BCUT2D eigenvalue weighted by Gasteiger charge is 2.05. The van der Waals surface area contributed by atoms with E-state index >= 15 is 0 Å². The number of aryl methyl sites for hydroxylation is 1. The van der Waals surface area contributed by atoms with Gasteiger partial charge in [0, 0.05) is 5.02 Å². The van der Waals surface area contributed by atoms with Crippen molar-refractivity contribution in [2.24, 2.45) is 0 Å². The van der Waals surface area contributed by atoms with Crippen LogP contribution in [0.3, 0.4) is 0 Å². The number of halogens is 1. The maximum atomic E-state index is 9.11. The maximum Gasteiger partial charge on any atom is 0.171 e. The summed E-state index contributed by atoms with van der Waals surface area (Å²) in [5.74, 6) is 0.610. The van der Waals surface area contributed by atoms with E-state index in [0.717, 1.165) is 11.1 Å². The molecule has 0 aliphatic carbocycles. The highest BCUT2D eigenvalue weighted by molar-refractivity contribution is 6.30. The molecule has 6 heteroatoms. The van der Waals surface area contributed by atoms with Crippen molar-refractivity contribution >= 4 is 17.7 Å². The number of rotatable bonds is 4. The van der Waals surface area contributed by atoms with Gasteiger partial charge in [-0.25, -0.2) is 0 Å². The molecule has 0 amide bonds. The summed E-state index contributed by atoms with van der Waals surface area (Å²) in [5, 5.41) is 21.6. The van der Waals surface area contributed by atoms with Gasteiger partial charge in [0.2, 0.25) is 0 Å². The molecule has 0 radical (unpaired) electrons. The average molecular weight is 277 g/mol. The number of benzene rings is 1. The second kappa shape index (κ2) is 5.67. The molecule has 1 heterocycles. The number of tetrazole rings is 1. The van der Waals surface area contributed by atoms with Crippen molar-refractivity contribution in [1.29, 1.82) is 0 Å². The molecule has 0 aliphatic rings. The van der Waals surface area contributed by atoms with Crippen molar-refractivity contribution in [3.05, 3.63) is 58.6 Å². The van der Waals surface area contributed by atoms with Gasteiger partial charge >= 0.3 is 0 Å². The summed E-state index contributed by atoms with van der Waals surface area (Å²) in [7, 11) is 0. The normalized spacial score (nSPS) is 11.1. The van der Waals surface area contributed by atoms with Crippen LogP contribution in [-0.2, 0) is 6.54 Å². The molecule has 2 rings (SSSR count). The molecule has 2 aromatic rings. The van der Waals surface area contributed by atoms with Gasteiger partial charge in [-0.15, -0.1) is 10.2 Å². The number of aliphatic hydroxyl groups excluding tert-OH is 1. The largest absolute Gasteiger partial charge is 0.509 e. The summed E-state index contributed by atoms with van der Waals surface area (Å²) in [5.41, 5.74) is 1.84. The van der Waals surface area contributed by atoms with E-state index in [1.807, 2.05) is 12.1 Å². The van der Waals surface area contributed by atoms with Gasteiger partial charge < -0.3 is 5.11 Å². The lowest BCUT2D eigenvalue weighted by Gasteiger charge is -2.06. The molecule has 0 aliphatic heterocycles. The molecule has 19 heavy (non-hydrogen) atoms. The Morgan fingerprint density at radius 3 is 2.95 bits per heavy atom. The molecular weight excluding hydrogens is 264 g/mol. The summed E-state index contributed by atoms with van der Waals surface area (Å²) >= 11 is 5.99. The summed E-state index contributed by atoms with van der Waals surface area (Å²) in [4.78, 5) is 1.49. The van der Waals surface area contributed by atoms with E-state index in [9.17, 15) is 0 Å². The molecule has 0 spiro atoms. The molecule has 1 N–H and O–H groups in total. The molecule has 5 nitrogen and oxygen atoms in total. The van der Waals surface area contributed by atoms with Crippen LogP contribution >= 0.6 is 11.6 Å². The smallest absolute Gasteiger partial charge is 0.171 e. The van der Waals surface area contributed by atoms with Crippen LogP contribution in [0.4, 0.5) is 0 Å². The molecule has 0 atom stereocenters. The Labute approximate surface area is 115 Å². The zero-order chi connectivity index (χ0) is 13.8. The van der Waals surface area contributed by atoms with E-state index in [1.165, 1.54) is 10.9 Å². The first-order chi connectivity index (χ1) is 9.04. The third kappa shape index (κ3) is 3.66. The van der Waals surface area contributed by atoms with Gasteiger partial charge in [-0.05, 0) is 41.5 Å². The fraction of sp³-hybridized carbons (Fsp3) is 0.154. The fourth-order valence-electron chi connectivity index (χ4n) is 1.60. The minimum Gasteiger partial charge on any atom is -0.509 e. The summed E-state index contributed by atoms with van der Waals surface area (Å²) in [6.07, 6.45) is 3.28. The monoisotopic (exact) mass is 276 g/mol. The van der Waals surface area contributed by atoms with E-state index in [1.54, 1.807) is 19.1 Å². The molecular formula is C13H13ClN4O. The third-order valence-electron chi connectivity index (χ3n) is 2.42. The standard InChI is InChI=1S/C13H13ClN4O/c1-9(19)3-4-11-5-6-13(14)7-12(11)8-18-16-10(2)15-17-18/h3-7,19H,1,8H2,2H3/b4-3+. The minimum atomic E-state index is -0.00405. The lowest BCUT2D eigenvalue weighted by molar-refractivity contribution is 0.436. The summed E-state index contributed by atoms with van der Waals surface area (Å²) in [6, 6.07) is 5.48. The first kappa shape index (κ1) is 13.3. The zero-order valence-corrected chi connectivity index (χ0v) is 11.2. The second-order valence-corrected chi connectivity index (χ2v) is 4.47. The van der Waals surface area contributed by atoms with Crippen LogP contribution in [0.2, 0.25) is 5.02 Å². The average Bonchev–Trinajstić information content (AvgIpc) is 2.73. The van der Waals surface area contributed by atoms with Crippen LogP contribution in [0, 0.1) is 6.92 Å². The maximum absolute atomic E-state index is 9.11. The first-order valence-corrected chi connectivity index (χ1v) is 6.01. The van der Waals surface area contributed by atoms with Gasteiger partial charge in [-0.1, -0.05) is 30.3 Å². The fourth-order valence-corrected chi connectivity index (χ4v) is 1.80. The number of allylic oxidation sites excluding steroid dienone is 1. The van der Waals surface area contributed by atoms with Gasteiger partial charge in [0.25, 0.3) is 0 Å². The molecule has 1 aromatic carbocycles. The lowest BCUT2D eigenvalue weighted by Crippen LogP contribution is -2.05. The minimum absolute atomic E-state index is 0.00405. The number of hydrogen-bond donors (Lipinski definition) is 1. The van der Waals surface area contributed by atoms with E-state index in [2.05, 4.69) is 22.0 Å². The lowest BCUT2D eigenvalue weighted by atomic mass is 10.1. The van der Waals surface area contributed by atoms with Crippen molar-refractivity contribution < 1.29 is 5.11 Å². The van der Waals surface area contributed by atoms with E-state index < -0.39 is 0 Å². The Hall–Kier alpha value is -2.14. The molecule has 0 fully saturated rings. The van der Waals surface area contributed by atoms with Crippen LogP contribution < -0.4 is 0 Å². The van der Waals surface area contributed by atoms with Crippen molar-refractivity contribution in [2.45, 2.75) is 13.5 Å². The predicted molar refractivity (Wildman–Crippen MR) is 73.9 cm³/mol. The van der Waals surface area contributed by atoms with Crippen LogP contribution in [0.5, 0.6) is 0 Å². The van der Waals surface area contributed by atoms with Gasteiger partial charge in [-0.3, -0.25) is 0 Å². The van der Waals surface area contributed by atoms with Crippen molar-refractivity contribution in [3.8, 4) is 0 Å². The molecule has 0 saturated carbocycles. The number of hydrogen-bond acceptors (Lipinski definition) is 4. The molecule has 1 aromatic heterocycles. The third-order valence-corrected chi connectivity index (χ3v) is 2.66.